The molecule has 2 saturated carbocycles. The zero-order valence-corrected chi connectivity index (χ0v) is 11.0. The third kappa shape index (κ3) is 1.95. The number of rotatable bonds is 2. The molecule has 0 aromatic rings. The van der Waals surface area contributed by atoms with E-state index in [0.717, 1.165) is 32.3 Å². The van der Waals surface area contributed by atoms with Crippen LogP contribution >= 0.6 is 0 Å². The van der Waals surface area contributed by atoms with Gasteiger partial charge in [-0.15, -0.1) is 0 Å². The molecule has 3 rings (SSSR count). The van der Waals surface area contributed by atoms with Crippen LogP contribution in [0.2, 0.25) is 0 Å². The van der Waals surface area contributed by atoms with Gasteiger partial charge in [-0.1, -0.05) is 19.8 Å². The van der Waals surface area contributed by atoms with Crippen LogP contribution in [0.4, 0.5) is 0 Å². The summed E-state index contributed by atoms with van der Waals surface area (Å²) in [4.78, 5) is 12.7. The third-order valence-electron chi connectivity index (χ3n) is 5.43. The first-order valence-electron chi connectivity index (χ1n) is 7.32. The molecular formula is C15H24O2. The van der Waals surface area contributed by atoms with E-state index in [1.807, 2.05) is 0 Å². The minimum Gasteiger partial charge on any atom is -0.375 e. The minimum absolute atomic E-state index is 0.00689. The number of ketones is 1. The number of hydrogen-bond donors (Lipinski definition) is 0. The Labute approximate surface area is 104 Å². The molecule has 1 unspecified atom stereocenters. The molecule has 3 fully saturated rings. The predicted octanol–water partition coefficient (Wildman–Crippen LogP) is 3.49. The van der Waals surface area contributed by atoms with E-state index in [2.05, 4.69) is 6.92 Å². The van der Waals surface area contributed by atoms with Crippen molar-refractivity contribution in [1.82, 2.24) is 0 Å². The molecule has 0 radical (unpaired) electrons. The second-order valence-corrected chi connectivity index (χ2v) is 6.71. The highest BCUT2D eigenvalue weighted by Gasteiger charge is 2.48. The normalized spacial score (nSPS) is 34.5. The van der Waals surface area contributed by atoms with Crippen molar-refractivity contribution in [1.29, 1.82) is 0 Å². The van der Waals surface area contributed by atoms with Gasteiger partial charge in [0.05, 0.1) is 5.60 Å². The summed E-state index contributed by atoms with van der Waals surface area (Å²) >= 11 is 0. The van der Waals surface area contributed by atoms with Crippen molar-refractivity contribution in [3.8, 4) is 0 Å². The van der Waals surface area contributed by atoms with Crippen molar-refractivity contribution in [2.45, 2.75) is 70.3 Å². The number of Topliss-reactive ketones (excluding diaryl/α,β-unsaturated/α-hetero) is 1. The van der Waals surface area contributed by atoms with Crippen molar-refractivity contribution in [2.75, 3.05) is 6.61 Å². The van der Waals surface area contributed by atoms with E-state index >= 15 is 0 Å². The summed E-state index contributed by atoms with van der Waals surface area (Å²) in [5.41, 5.74) is 0.125. The lowest BCUT2D eigenvalue weighted by molar-refractivity contribution is -0.160. The van der Waals surface area contributed by atoms with E-state index in [4.69, 9.17) is 4.74 Å². The van der Waals surface area contributed by atoms with Crippen LogP contribution in [-0.2, 0) is 9.53 Å². The molecule has 3 aliphatic rings. The summed E-state index contributed by atoms with van der Waals surface area (Å²) in [6.45, 7) is 3.01. The van der Waals surface area contributed by atoms with Crippen molar-refractivity contribution < 1.29 is 9.53 Å². The predicted molar refractivity (Wildman–Crippen MR) is 66.8 cm³/mol. The Morgan fingerprint density at radius 2 is 1.82 bits per heavy atom. The number of hydrogen-bond acceptors (Lipinski definition) is 2. The average molecular weight is 236 g/mol. The highest BCUT2D eigenvalue weighted by molar-refractivity contribution is 5.87. The number of carbonyl (C=O) groups excluding carboxylic acids is 1. The van der Waals surface area contributed by atoms with Crippen LogP contribution in [0.25, 0.3) is 0 Å². The number of carbonyl (C=O) groups is 1. The second-order valence-electron chi connectivity index (χ2n) is 6.71. The first-order chi connectivity index (χ1) is 8.14. The van der Waals surface area contributed by atoms with E-state index in [-0.39, 0.29) is 11.0 Å². The van der Waals surface area contributed by atoms with Crippen LogP contribution in [0.3, 0.4) is 0 Å². The van der Waals surface area contributed by atoms with Gasteiger partial charge in [-0.3, -0.25) is 4.79 Å². The van der Waals surface area contributed by atoms with Crippen LogP contribution in [-0.4, -0.2) is 18.0 Å². The molecule has 1 spiro atoms. The van der Waals surface area contributed by atoms with Gasteiger partial charge in [-0.2, -0.15) is 0 Å². The summed E-state index contributed by atoms with van der Waals surface area (Å²) in [5, 5.41) is 0. The molecule has 1 atom stereocenters. The van der Waals surface area contributed by atoms with Crippen LogP contribution in [0.15, 0.2) is 0 Å². The highest BCUT2D eigenvalue weighted by atomic mass is 16.5. The monoisotopic (exact) mass is 236 g/mol. The minimum atomic E-state index is 0.00689. The summed E-state index contributed by atoms with van der Waals surface area (Å²) in [6.07, 6.45) is 10.4. The second kappa shape index (κ2) is 4.08. The van der Waals surface area contributed by atoms with Gasteiger partial charge in [0.2, 0.25) is 0 Å². The first-order valence-corrected chi connectivity index (χ1v) is 7.32. The Hall–Kier alpha value is -0.370. The topological polar surface area (TPSA) is 26.3 Å². The zero-order valence-electron chi connectivity index (χ0n) is 11.0. The van der Waals surface area contributed by atoms with Crippen LogP contribution in [0, 0.1) is 11.3 Å². The molecule has 0 aromatic carbocycles. The Balaban J connectivity index is 1.69. The van der Waals surface area contributed by atoms with Gasteiger partial charge in [0.15, 0.2) is 0 Å². The lowest BCUT2D eigenvalue weighted by atomic mass is 9.67. The Bertz CT molecular complexity index is 311. The summed E-state index contributed by atoms with van der Waals surface area (Å²) < 4.78 is 5.93. The van der Waals surface area contributed by atoms with Gasteiger partial charge < -0.3 is 4.74 Å². The van der Waals surface area contributed by atoms with Crippen LogP contribution in [0.5, 0.6) is 0 Å². The Morgan fingerprint density at radius 1 is 1.12 bits per heavy atom. The maximum Gasteiger partial charge on any atom is 0.142 e. The summed E-state index contributed by atoms with van der Waals surface area (Å²) in [7, 11) is 0. The standard InChI is InChI=1S/C15H24O2/c1-14(6-2-3-7-14)13(16)12-5-10-17-15(11-12)8-4-9-15/h12H,2-11H2,1H3. The highest BCUT2D eigenvalue weighted by Crippen LogP contribution is 2.48. The smallest absolute Gasteiger partial charge is 0.142 e. The lowest BCUT2D eigenvalue weighted by Crippen LogP contribution is -2.48. The molecular weight excluding hydrogens is 212 g/mol. The SMILES string of the molecule is CC1(C(=O)C2CCOC3(CCC3)C2)CCCC1. The van der Waals surface area contributed by atoms with E-state index < -0.39 is 0 Å². The molecule has 0 N–H and O–H groups in total. The maximum absolute atomic E-state index is 12.7. The molecule has 1 aliphatic heterocycles. The molecule has 0 amide bonds. The fourth-order valence-corrected chi connectivity index (χ4v) is 4.07. The van der Waals surface area contributed by atoms with E-state index in [1.165, 1.54) is 32.1 Å². The van der Waals surface area contributed by atoms with E-state index in [0.29, 0.717) is 11.7 Å². The molecule has 2 heteroatoms. The quantitative estimate of drug-likeness (QED) is 0.733. The fourth-order valence-electron chi connectivity index (χ4n) is 4.07. The van der Waals surface area contributed by atoms with Gasteiger partial charge in [0.25, 0.3) is 0 Å². The fraction of sp³-hybridized carbons (Fsp3) is 0.933. The van der Waals surface area contributed by atoms with Crippen molar-refractivity contribution in [3.63, 3.8) is 0 Å². The average Bonchev–Trinajstić information content (AvgIpc) is 2.75. The largest absolute Gasteiger partial charge is 0.375 e. The van der Waals surface area contributed by atoms with Crippen molar-refractivity contribution in [3.05, 3.63) is 0 Å². The zero-order chi connectivity index (χ0) is 11.9. The van der Waals surface area contributed by atoms with Gasteiger partial charge in [-0.05, 0) is 44.9 Å². The molecule has 0 aromatic heterocycles. The lowest BCUT2D eigenvalue weighted by Gasteiger charge is -2.47. The van der Waals surface area contributed by atoms with Gasteiger partial charge in [-0.25, -0.2) is 0 Å². The summed E-state index contributed by atoms with van der Waals surface area (Å²) in [5.74, 6) is 0.858. The van der Waals surface area contributed by atoms with Crippen LogP contribution < -0.4 is 0 Å². The maximum atomic E-state index is 12.7. The Kier molecular flexibility index (Phi) is 2.81. The van der Waals surface area contributed by atoms with Crippen LogP contribution in [0.1, 0.15) is 64.7 Å². The molecule has 17 heavy (non-hydrogen) atoms. The van der Waals surface area contributed by atoms with Gasteiger partial charge >= 0.3 is 0 Å². The van der Waals surface area contributed by atoms with E-state index in [1.54, 1.807) is 0 Å². The molecule has 2 nitrogen and oxygen atoms in total. The first kappa shape index (κ1) is 11.7. The molecule has 96 valence electrons. The summed E-state index contributed by atoms with van der Waals surface area (Å²) in [6, 6.07) is 0. The molecule has 1 saturated heterocycles. The molecule has 2 aliphatic carbocycles. The van der Waals surface area contributed by atoms with Crippen molar-refractivity contribution >= 4 is 5.78 Å². The third-order valence-corrected chi connectivity index (χ3v) is 5.43. The van der Waals surface area contributed by atoms with E-state index in [9.17, 15) is 4.79 Å². The molecule has 1 heterocycles. The van der Waals surface area contributed by atoms with Gasteiger partial charge in [0, 0.05) is 17.9 Å². The van der Waals surface area contributed by atoms with Crippen molar-refractivity contribution in [2.24, 2.45) is 11.3 Å². The van der Waals surface area contributed by atoms with Gasteiger partial charge in [0.1, 0.15) is 5.78 Å². The Morgan fingerprint density at radius 3 is 2.41 bits per heavy atom. The number of ether oxygens (including phenoxy) is 1. The molecule has 0 bridgehead atoms.